The minimum atomic E-state index is -0.513. The van der Waals surface area contributed by atoms with Gasteiger partial charge in [-0.2, -0.15) is 0 Å². The maximum absolute atomic E-state index is 13.0. The number of nitro groups is 1. The van der Waals surface area contributed by atoms with E-state index in [9.17, 15) is 14.5 Å². The smallest absolute Gasteiger partial charge is 0.258 e. The molecule has 0 aliphatic carbocycles. The molecule has 1 rings (SSSR count). The summed E-state index contributed by atoms with van der Waals surface area (Å²) in [6, 6.07) is 2.29. The summed E-state index contributed by atoms with van der Waals surface area (Å²) in [5.74, 6) is -0.417. The number of rotatable bonds is 2. The first-order valence-corrected chi connectivity index (χ1v) is 4.68. The van der Waals surface area contributed by atoms with E-state index in [0.29, 0.717) is 11.1 Å². The summed E-state index contributed by atoms with van der Waals surface area (Å²) in [5.41, 5.74) is 0.673. The second-order valence-electron chi connectivity index (χ2n) is 2.56. The molecule has 0 unspecified atom stereocenters. The van der Waals surface area contributed by atoms with Crippen LogP contribution < -0.4 is 0 Å². The van der Waals surface area contributed by atoms with Gasteiger partial charge in [-0.3, -0.25) is 10.1 Å². The molecule has 0 fully saturated rings. The molecule has 3 nitrogen and oxygen atoms in total. The molecular formula is C8H7BrFNO2. The summed E-state index contributed by atoms with van der Waals surface area (Å²) in [5, 5.41) is 10.8. The Balaban J connectivity index is 3.35. The van der Waals surface area contributed by atoms with E-state index in [1.165, 1.54) is 13.0 Å². The van der Waals surface area contributed by atoms with Crippen molar-refractivity contribution in [1.82, 2.24) is 0 Å². The summed E-state index contributed by atoms with van der Waals surface area (Å²) in [6.07, 6.45) is 0. The fourth-order valence-electron chi connectivity index (χ4n) is 1.07. The van der Waals surface area contributed by atoms with Gasteiger partial charge in [0.15, 0.2) is 0 Å². The average Bonchev–Trinajstić information content (AvgIpc) is 2.04. The van der Waals surface area contributed by atoms with Crippen LogP contribution in [-0.4, -0.2) is 4.92 Å². The van der Waals surface area contributed by atoms with E-state index in [1.54, 1.807) is 0 Å². The Bertz CT molecular complexity index is 354. The van der Waals surface area contributed by atoms with Gasteiger partial charge in [0.1, 0.15) is 5.82 Å². The Hall–Kier alpha value is -0.970. The molecule has 0 N–H and O–H groups in total. The second-order valence-corrected chi connectivity index (χ2v) is 3.12. The molecule has 0 atom stereocenters. The molecular weight excluding hydrogens is 241 g/mol. The van der Waals surface area contributed by atoms with Crippen molar-refractivity contribution in [2.45, 2.75) is 12.3 Å². The van der Waals surface area contributed by atoms with E-state index in [4.69, 9.17) is 0 Å². The van der Waals surface area contributed by atoms with Gasteiger partial charge in [0.2, 0.25) is 0 Å². The van der Waals surface area contributed by atoms with Gasteiger partial charge in [0.25, 0.3) is 5.69 Å². The quantitative estimate of drug-likeness (QED) is 0.458. The molecule has 1 aromatic carbocycles. The number of halogens is 2. The van der Waals surface area contributed by atoms with Crippen molar-refractivity contribution in [1.29, 1.82) is 0 Å². The Morgan fingerprint density at radius 2 is 2.23 bits per heavy atom. The summed E-state index contributed by atoms with van der Waals surface area (Å²) in [4.78, 5) is 9.96. The molecule has 0 bridgehead atoms. The van der Waals surface area contributed by atoms with Crippen LogP contribution in [0, 0.1) is 22.9 Å². The Labute approximate surface area is 82.8 Å². The van der Waals surface area contributed by atoms with Crippen molar-refractivity contribution in [2.75, 3.05) is 0 Å². The number of nitrogens with zero attached hydrogens (tertiary/aromatic N) is 1. The van der Waals surface area contributed by atoms with Crippen molar-refractivity contribution in [3.63, 3.8) is 0 Å². The van der Waals surface area contributed by atoms with Crippen molar-refractivity contribution in [2.24, 2.45) is 0 Å². The van der Waals surface area contributed by atoms with Gasteiger partial charge in [-0.05, 0) is 13.0 Å². The summed E-state index contributed by atoms with van der Waals surface area (Å²) in [6.45, 7) is 1.54. The molecule has 5 heteroatoms. The summed E-state index contributed by atoms with van der Waals surface area (Å²) in [7, 11) is 0. The van der Waals surface area contributed by atoms with Gasteiger partial charge in [0, 0.05) is 22.5 Å². The Morgan fingerprint density at radius 1 is 1.62 bits per heavy atom. The highest BCUT2D eigenvalue weighted by Gasteiger charge is 2.16. The standard InChI is InChI=1S/C8H7BrFNO2/c1-5-6(4-9)7(10)2-3-8(5)11(12)13/h2-3H,4H2,1H3. The zero-order valence-electron chi connectivity index (χ0n) is 6.88. The lowest BCUT2D eigenvalue weighted by atomic mass is 10.1. The van der Waals surface area contributed by atoms with Gasteiger partial charge in [-0.25, -0.2) is 4.39 Å². The maximum atomic E-state index is 13.0. The topological polar surface area (TPSA) is 43.1 Å². The van der Waals surface area contributed by atoms with Crippen LogP contribution in [0.3, 0.4) is 0 Å². The van der Waals surface area contributed by atoms with Crippen molar-refractivity contribution in [3.8, 4) is 0 Å². The second kappa shape index (κ2) is 3.83. The molecule has 0 aromatic heterocycles. The van der Waals surface area contributed by atoms with Crippen molar-refractivity contribution in [3.05, 3.63) is 39.2 Å². The number of alkyl halides is 1. The first-order valence-electron chi connectivity index (χ1n) is 3.56. The third kappa shape index (κ3) is 1.85. The van der Waals surface area contributed by atoms with Crippen LogP contribution in [-0.2, 0) is 5.33 Å². The van der Waals surface area contributed by atoms with Crippen molar-refractivity contribution < 1.29 is 9.31 Å². The molecule has 70 valence electrons. The van der Waals surface area contributed by atoms with Crippen LogP contribution >= 0.6 is 15.9 Å². The highest BCUT2D eigenvalue weighted by atomic mass is 79.9. The van der Waals surface area contributed by atoms with E-state index in [-0.39, 0.29) is 11.0 Å². The summed E-state index contributed by atoms with van der Waals surface area (Å²) < 4.78 is 13.0. The lowest BCUT2D eigenvalue weighted by Crippen LogP contribution is -1.97. The lowest BCUT2D eigenvalue weighted by Gasteiger charge is -2.03. The predicted octanol–water partition coefficient (Wildman–Crippen LogP) is 2.94. The van der Waals surface area contributed by atoms with Crippen LogP contribution in [0.2, 0.25) is 0 Å². The Morgan fingerprint density at radius 3 is 2.69 bits per heavy atom. The van der Waals surface area contributed by atoms with Crippen LogP contribution in [0.5, 0.6) is 0 Å². The first kappa shape index (κ1) is 10.1. The lowest BCUT2D eigenvalue weighted by molar-refractivity contribution is -0.385. The molecule has 0 aliphatic heterocycles. The molecule has 0 aliphatic rings. The third-order valence-electron chi connectivity index (χ3n) is 1.84. The molecule has 0 saturated heterocycles. The number of hydrogen-bond acceptors (Lipinski definition) is 2. The van der Waals surface area contributed by atoms with Crippen LogP contribution in [0.1, 0.15) is 11.1 Å². The van der Waals surface area contributed by atoms with E-state index < -0.39 is 10.7 Å². The van der Waals surface area contributed by atoms with Crippen molar-refractivity contribution >= 4 is 21.6 Å². The highest BCUT2D eigenvalue weighted by Crippen LogP contribution is 2.25. The van der Waals surface area contributed by atoms with E-state index in [1.807, 2.05) is 0 Å². The molecule has 0 amide bonds. The van der Waals surface area contributed by atoms with E-state index >= 15 is 0 Å². The maximum Gasteiger partial charge on any atom is 0.272 e. The van der Waals surface area contributed by atoms with E-state index in [0.717, 1.165) is 6.07 Å². The van der Waals surface area contributed by atoms with Crippen LogP contribution in [0.4, 0.5) is 10.1 Å². The summed E-state index contributed by atoms with van der Waals surface area (Å²) >= 11 is 3.08. The minimum absolute atomic E-state index is 0.0455. The molecule has 13 heavy (non-hydrogen) atoms. The zero-order valence-corrected chi connectivity index (χ0v) is 8.47. The molecule has 0 radical (unpaired) electrons. The van der Waals surface area contributed by atoms with Gasteiger partial charge in [0.05, 0.1) is 4.92 Å². The predicted molar refractivity (Wildman–Crippen MR) is 50.4 cm³/mol. The third-order valence-corrected chi connectivity index (χ3v) is 2.40. The number of benzene rings is 1. The fourth-order valence-corrected chi connectivity index (χ4v) is 1.76. The van der Waals surface area contributed by atoms with Gasteiger partial charge >= 0.3 is 0 Å². The Kier molecular flexibility index (Phi) is 2.98. The van der Waals surface area contributed by atoms with Gasteiger partial charge in [-0.1, -0.05) is 15.9 Å². The number of nitro benzene ring substituents is 1. The normalized spacial score (nSPS) is 10.1. The molecule has 1 aromatic rings. The highest BCUT2D eigenvalue weighted by molar-refractivity contribution is 9.08. The fraction of sp³-hybridized carbons (Fsp3) is 0.250. The van der Waals surface area contributed by atoms with Gasteiger partial charge in [-0.15, -0.1) is 0 Å². The van der Waals surface area contributed by atoms with Crippen LogP contribution in [0.15, 0.2) is 12.1 Å². The molecule has 0 spiro atoms. The van der Waals surface area contributed by atoms with Gasteiger partial charge < -0.3 is 0 Å². The zero-order chi connectivity index (χ0) is 10.0. The van der Waals surface area contributed by atoms with Crippen LogP contribution in [0.25, 0.3) is 0 Å². The largest absolute Gasteiger partial charge is 0.272 e. The SMILES string of the molecule is Cc1c([N+](=O)[O-])ccc(F)c1CBr. The monoisotopic (exact) mass is 247 g/mol. The molecule has 0 saturated carbocycles. The number of hydrogen-bond donors (Lipinski definition) is 0. The first-order chi connectivity index (χ1) is 6.07. The molecule has 0 heterocycles. The average molecular weight is 248 g/mol. The van der Waals surface area contributed by atoms with E-state index in [2.05, 4.69) is 15.9 Å². The minimum Gasteiger partial charge on any atom is -0.258 e.